The van der Waals surface area contributed by atoms with E-state index in [1.807, 2.05) is 74.5 Å². The van der Waals surface area contributed by atoms with Gasteiger partial charge >= 0.3 is 11.9 Å². The Morgan fingerprint density at radius 3 is 1.30 bits per heavy atom. The SMILES string of the molecule is CCC1(COc2ccc(C(=O)Oc3ccc4ccccc4c3-c3c(OC(=O)c4ccc(OCC5(CC)COC5)c(F)c4)ccc4ccccc34)cc2F)COC1. The Labute approximate surface area is 322 Å². The number of hydrogen-bond acceptors (Lipinski definition) is 8. The highest BCUT2D eigenvalue weighted by atomic mass is 19.1. The molecular formula is C46H40F2O8. The summed E-state index contributed by atoms with van der Waals surface area (Å²) in [6.45, 7) is 6.89. The summed E-state index contributed by atoms with van der Waals surface area (Å²) >= 11 is 0. The van der Waals surface area contributed by atoms with Gasteiger partial charge in [0.1, 0.15) is 11.5 Å². The molecule has 0 unspecified atom stereocenters. The van der Waals surface area contributed by atoms with Crippen molar-refractivity contribution in [2.75, 3.05) is 39.6 Å². The van der Waals surface area contributed by atoms with Crippen molar-refractivity contribution in [1.82, 2.24) is 0 Å². The van der Waals surface area contributed by atoms with Crippen LogP contribution in [0, 0.1) is 22.5 Å². The van der Waals surface area contributed by atoms with Crippen molar-refractivity contribution in [1.29, 1.82) is 0 Å². The number of benzene rings is 6. The summed E-state index contributed by atoms with van der Waals surface area (Å²) in [5, 5.41) is 3.08. The second kappa shape index (κ2) is 15.4. The molecule has 2 aliphatic rings. The lowest BCUT2D eigenvalue weighted by Crippen LogP contribution is -2.46. The van der Waals surface area contributed by atoms with Gasteiger partial charge in [-0.2, -0.15) is 0 Å². The quantitative estimate of drug-likeness (QED) is 0.0850. The van der Waals surface area contributed by atoms with Crippen LogP contribution in [0.25, 0.3) is 32.7 Å². The van der Waals surface area contributed by atoms with Gasteiger partial charge in [-0.15, -0.1) is 0 Å². The van der Waals surface area contributed by atoms with Crippen LogP contribution in [0.4, 0.5) is 8.78 Å². The number of fused-ring (bicyclic) bond motifs is 2. The van der Waals surface area contributed by atoms with Gasteiger partial charge < -0.3 is 28.4 Å². The van der Waals surface area contributed by atoms with Crippen LogP contribution in [0.3, 0.4) is 0 Å². The number of carbonyl (C=O) groups excluding carboxylic acids is 2. The Bertz CT molecular complexity index is 2270. The van der Waals surface area contributed by atoms with Crippen LogP contribution in [-0.2, 0) is 9.47 Å². The molecule has 0 spiro atoms. The van der Waals surface area contributed by atoms with E-state index in [1.165, 1.54) is 24.3 Å². The number of hydrogen-bond donors (Lipinski definition) is 0. The van der Waals surface area contributed by atoms with Crippen LogP contribution in [0.1, 0.15) is 47.4 Å². The third-order valence-electron chi connectivity index (χ3n) is 11.0. The van der Waals surface area contributed by atoms with Crippen molar-refractivity contribution in [3.8, 4) is 34.1 Å². The Balaban J connectivity index is 1.12. The molecule has 286 valence electrons. The number of halogens is 2. The maximum absolute atomic E-state index is 15.3. The molecule has 0 amide bonds. The van der Waals surface area contributed by atoms with Crippen LogP contribution in [0.2, 0.25) is 0 Å². The van der Waals surface area contributed by atoms with E-state index in [0.29, 0.717) is 61.5 Å². The highest BCUT2D eigenvalue weighted by Crippen LogP contribution is 2.46. The average Bonchev–Trinajstić information content (AvgIpc) is 3.18. The van der Waals surface area contributed by atoms with E-state index in [9.17, 15) is 9.59 Å². The molecule has 2 fully saturated rings. The maximum atomic E-state index is 15.3. The Morgan fingerprint density at radius 1 is 0.554 bits per heavy atom. The van der Waals surface area contributed by atoms with Crippen molar-refractivity contribution in [2.24, 2.45) is 10.8 Å². The minimum atomic E-state index is -0.796. The molecule has 6 aromatic carbocycles. The van der Waals surface area contributed by atoms with Crippen LogP contribution in [0.5, 0.6) is 23.0 Å². The van der Waals surface area contributed by atoms with Gasteiger partial charge in [0, 0.05) is 11.1 Å². The molecule has 8 rings (SSSR count). The first-order valence-electron chi connectivity index (χ1n) is 18.7. The van der Waals surface area contributed by atoms with Gasteiger partial charge in [0.2, 0.25) is 0 Å². The van der Waals surface area contributed by atoms with E-state index in [-0.39, 0.29) is 45.0 Å². The van der Waals surface area contributed by atoms with Crippen molar-refractivity contribution < 1.29 is 46.8 Å². The molecule has 0 aromatic heterocycles. The fourth-order valence-electron chi connectivity index (χ4n) is 7.02. The number of ether oxygens (including phenoxy) is 6. The van der Waals surface area contributed by atoms with Gasteiger partial charge in [-0.3, -0.25) is 0 Å². The molecule has 0 atom stereocenters. The standard InChI is InChI=1S/C46H40F2O8/c1-3-45(23-51-24-45)27-53-37-17-15-31(21-35(37)47)43(49)55-39-19-13-29-9-5-7-11-33(29)41(39)42-34-12-8-6-10-30(34)14-20-40(42)56-44(50)32-16-18-38(36(48)22-32)54-28-46(4-2)25-52-26-46/h5-22H,3-4,23-28H2,1-2H3. The molecule has 56 heavy (non-hydrogen) atoms. The molecule has 2 heterocycles. The van der Waals surface area contributed by atoms with Gasteiger partial charge in [-0.05, 0) is 82.9 Å². The number of rotatable bonds is 13. The summed E-state index contributed by atoms with van der Waals surface area (Å²) in [4.78, 5) is 27.5. The van der Waals surface area contributed by atoms with Crippen LogP contribution < -0.4 is 18.9 Å². The van der Waals surface area contributed by atoms with Crippen molar-refractivity contribution >= 4 is 33.5 Å². The Morgan fingerprint density at radius 2 is 0.946 bits per heavy atom. The first-order valence-corrected chi connectivity index (χ1v) is 18.7. The van der Waals surface area contributed by atoms with Gasteiger partial charge in [0.25, 0.3) is 0 Å². The molecule has 0 saturated carbocycles. The Kier molecular flexibility index (Phi) is 10.2. The van der Waals surface area contributed by atoms with E-state index >= 15 is 8.78 Å². The summed E-state index contributed by atoms with van der Waals surface area (Å²) in [6.07, 6.45) is 1.67. The predicted octanol–water partition coefficient (Wildman–Crippen LogP) is 9.99. The molecule has 2 saturated heterocycles. The monoisotopic (exact) mass is 758 g/mol. The minimum Gasteiger partial charge on any atom is -0.490 e. The second-order valence-corrected chi connectivity index (χ2v) is 14.7. The van der Waals surface area contributed by atoms with E-state index in [1.54, 1.807) is 12.1 Å². The first kappa shape index (κ1) is 37.1. The van der Waals surface area contributed by atoms with Crippen molar-refractivity contribution in [2.45, 2.75) is 26.7 Å². The van der Waals surface area contributed by atoms with Gasteiger partial charge in [0.05, 0.1) is 61.6 Å². The van der Waals surface area contributed by atoms with Crippen LogP contribution in [0.15, 0.2) is 109 Å². The zero-order valence-electron chi connectivity index (χ0n) is 31.1. The second-order valence-electron chi connectivity index (χ2n) is 14.7. The fourth-order valence-corrected chi connectivity index (χ4v) is 7.02. The fraction of sp³-hybridized carbons (Fsp3) is 0.261. The van der Waals surface area contributed by atoms with Gasteiger partial charge in [0.15, 0.2) is 23.1 Å². The van der Waals surface area contributed by atoms with Crippen molar-refractivity contribution in [3.05, 3.63) is 132 Å². The molecule has 2 aliphatic heterocycles. The summed E-state index contributed by atoms with van der Waals surface area (Å²) in [7, 11) is 0. The minimum absolute atomic E-state index is 0.0175. The third-order valence-corrected chi connectivity index (χ3v) is 11.0. The summed E-state index contributed by atoms with van der Waals surface area (Å²) < 4.78 is 65.0. The molecule has 0 bridgehead atoms. The summed E-state index contributed by atoms with van der Waals surface area (Å²) in [5.41, 5.74) is 0.620. The van der Waals surface area contributed by atoms with Crippen LogP contribution >= 0.6 is 0 Å². The maximum Gasteiger partial charge on any atom is 0.343 e. The number of esters is 2. The lowest BCUT2D eigenvalue weighted by atomic mass is 9.84. The highest BCUT2D eigenvalue weighted by Gasteiger charge is 2.39. The number of carbonyl (C=O) groups is 2. The highest BCUT2D eigenvalue weighted by molar-refractivity contribution is 6.11. The molecule has 0 N–H and O–H groups in total. The van der Waals surface area contributed by atoms with E-state index in [0.717, 1.165) is 35.7 Å². The summed E-state index contributed by atoms with van der Waals surface area (Å²) in [5.74, 6) is -2.59. The van der Waals surface area contributed by atoms with E-state index in [2.05, 4.69) is 0 Å². The summed E-state index contributed by atoms with van der Waals surface area (Å²) in [6, 6.07) is 30.0. The van der Waals surface area contributed by atoms with Gasteiger partial charge in [-0.1, -0.05) is 74.5 Å². The topological polar surface area (TPSA) is 89.5 Å². The molecule has 0 aliphatic carbocycles. The Hall–Kier alpha value is -5.84. The van der Waals surface area contributed by atoms with Gasteiger partial charge in [-0.25, -0.2) is 18.4 Å². The smallest absolute Gasteiger partial charge is 0.343 e. The lowest BCUT2D eigenvalue weighted by Gasteiger charge is -2.40. The third kappa shape index (κ3) is 7.18. The molecule has 6 aromatic rings. The van der Waals surface area contributed by atoms with Crippen LogP contribution in [-0.4, -0.2) is 51.6 Å². The zero-order valence-corrected chi connectivity index (χ0v) is 31.1. The first-order chi connectivity index (χ1) is 27.2. The molecule has 8 nitrogen and oxygen atoms in total. The molecule has 0 radical (unpaired) electrons. The average molecular weight is 759 g/mol. The lowest BCUT2D eigenvalue weighted by molar-refractivity contribution is -0.133. The molecular weight excluding hydrogens is 718 g/mol. The zero-order chi connectivity index (χ0) is 38.9. The predicted molar refractivity (Wildman–Crippen MR) is 208 cm³/mol. The van der Waals surface area contributed by atoms with E-state index in [4.69, 9.17) is 28.4 Å². The normalized spacial score (nSPS) is 15.4. The largest absolute Gasteiger partial charge is 0.490 e. The van der Waals surface area contributed by atoms with E-state index < -0.39 is 23.6 Å². The molecule has 10 heteroatoms. The van der Waals surface area contributed by atoms with Crippen molar-refractivity contribution in [3.63, 3.8) is 0 Å².